The summed E-state index contributed by atoms with van der Waals surface area (Å²) >= 11 is 0. The van der Waals surface area contributed by atoms with Crippen molar-refractivity contribution < 1.29 is 0 Å². The fourth-order valence-corrected chi connectivity index (χ4v) is 3.15. The average Bonchev–Trinajstić information content (AvgIpc) is 2.41. The van der Waals surface area contributed by atoms with Gasteiger partial charge in [-0.1, -0.05) is 125 Å². The van der Waals surface area contributed by atoms with Crippen molar-refractivity contribution in [1.29, 1.82) is 0 Å². The molecule has 0 N–H and O–H groups in total. The molecule has 22 heavy (non-hydrogen) atoms. The van der Waals surface area contributed by atoms with E-state index in [4.69, 9.17) is 0 Å². The molecule has 0 saturated carbocycles. The van der Waals surface area contributed by atoms with Crippen molar-refractivity contribution in [2.75, 3.05) is 0 Å². The van der Waals surface area contributed by atoms with Crippen LogP contribution in [0.15, 0.2) is 0 Å². The van der Waals surface area contributed by atoms with Gasteiger partial charge in [-0.25, -0.2) is 0 Å². The van der Waals surface area contributed by atoms with E-state index in [1.54, 1.807) is 0 Å². The topological polar surface area (TPSA) is 0 Å². The highest BCUT2D eigenvalue weighted by Crippen LogP contribution is 2.22. The molecule has 0 aromatic heterocycles. The first-order valence-electron chi connectivity index (χ1n) is 10.4. The van der Waals surface area contributed by atoms with Gasteiger partial charge in [-0.15, -0.1) is 0 Å². The van der Waals surface area contributed by atoms with Crippen molar-refractivity contribution in [3.05, 3.63) is 0 Å². The van der Waals surface area contributed by atoms with Crippen LogP contribution >= 0.6 is 0 Å². The number of rotatable bonds is 15. The molecule has 0 aliphatic carbocycles. The predicted octanol–water partition coefficient (Wildman–Crippen LogP) is 8.54. The summed E-state index contributed by atoms with van der Waals surface area (Å²) < 4.78 is 0. The van der Waals surface area contributed by atoms with Crippen LogP contribution in [0.4, 0.5) is 0 Å². The van der Waals surface area contributed by atoms with Crippen LogP contribution in [0.5, 0.6) is 0 Å². The average molecular weight is 311 g/mol. The van der Waals surface area contributed by atoms with Crippen molar-refractivity contribution in [2.45, 2.75) is 131 Å². The van der Waals surface area contributed by atoms with Gasteiger partial charge in [0, 0.05) is 0 Å². The molecule has 134 valence electrons. The van der Waals surface area contributed by atoms with E-state index in [9.17, 15) is 0 Å². The minimum absolute atomic E-state index is 0.536. The van der Waals surface area contributed by atoms with Crippen LogP contribution in [0, 0.1) is 11.3 Å². The molecule has 0 spiro atoms. The van der Waals surface area contributed by atoms with E-state index in [1.807, 2.05) is 0 Å². The van der Waals surface area contributed by atoms with E-state index in [0.717, 1.165) is 5.92 Å². The zero-order valence-corrected chi connectivity index (χ0v) is 16.7. The molecule has 0 saturated heterocycles. The maximum absolute atomic E-state index is 2.36. The summed E-state index contributed by atoms with van der Waals surface area (Å²) in [6.07, 6.45) is 21.9. The van der Waals surface area contributed by atoms with E-state index in [-0.39, 0.29) is 0 Å². The molecule has 0 aliphatic rings. The van der Waals surface area contributed by atoms with Crippen molar-refractivity contribution in [2.24, 2.45) is 11.3 Å². The summed E-state index contributed by atoms with van der Waals surface area (Å²) in [7, 11) is 0. The molecule has 0 unspecified atom stereocenters. The normalized spacial score (nSPS) is 12.3. The highest BCUT2D eigenvalue weighted by Gasteiger charge is 2.08. The third-order valence-corrected chi connectivity index (χ3v) is 4.71. The minimum atomic E-state index is 0.536. The van der Waals surface area contributed by atoms with Crippen LogP contribution in [0.2, 0.25) is 0 Å². The molecule has 0 atom stereocenters. The van der Waals surface area contributed by atoms with Crippen LogP contribution in [0.3, 0.4) is 0 Å². The lowest BCUT2D eigenvalue weighted by molar-refractivity contribution is 0.356. The first-order chi connectivity index (χ1) is 10.4. The second-order valence-corrected chi connectivity index (χ2v) is 9.09. The molecular weight excluding hydrogens is 264 g/mol. The van der Waals surface area contributed by atoms with Crippen LogP contribution in [0.1, 0.15) is 131 Å². The molecule has 0 heterocycles. The van der Waals surface area contributed by atoms with Crippen LogP contribution in [-0.2, 0) is 0 Å². The number of unbranched alkanes of at least 4 members (excludes halogenated alkanes) is 12. The molecular formula is C22H46. The van der Waals surface area contributed by atoms with Gasteiger partial charge in [-0.3, -0.25) is 0 Å². The summed E-state index contributed by atoms with van der Waals surface area (Å²) in [6, 6.07) is 0. The second-order valence-electron chi connectivity index (χ2n) is 9.09. The van der Waals surface area contributed by atoms with Crippen LogP contribution in [-0.4, -0.2) is 0 Å². The Morgan fingerprint density at radius 3 is 1.14 bits per heavy atom. The van der Waals surface area contributed by atoms with Gasteiger partial charge in [0.15, 0.2) is 0 Å². The van der Waals surface area contributed by atoms with Gasteiger partial charge in [-0.05, 0) is 17.8 Å². The molecule has 0 heteroatoms. The molecule has 0 nitrogen and oxygen atoms in total. The summed E-state index contributed by atoms with van der Waals surface area (Å²) in [4.78, 5) is 0. The quantitative estimate of drug-likeness (QED) is 0.266. The molecule has 0 aliphatic heterocycles. The van der Waals surface area contributed by atoms with E-state index in [0.29, 0.717) is 5.41 Å². The Morgan fingerprint density at radius 2 is 0.818 bits per heavy atom. The van der Waals surface area contributed by atoms with Crippen molar-refractivity contribution in [3.8, 4) is 0 Å². The van der Waals surface area contributed by atoms with Gasteiger partial charge in [0.05, 0.1) is 0 Å². The van der Waals surface area contributed by atoms with E-state index >= 15 is 0 Å². The van der Waals surface area contributed by atoms with Gasteiger partial charge in [0.2, 0.25) is 0 Å². The Morgan fingerprint density at radius 1 is 0.500 bits per heavy atom. The SMILES string of the molecule is CC(C)CCCCCCCCCCCCCCCC(C)(C)C. The molecule has 0 amide bonds. The zero-order valence-electron chi connectivity index (χ0n) is 16.7. The van der Waals surface area contributed by atoms with Crippen molar-refractivity contribution >= 4 is 0 Å². The maximum atomic E-state index is 2.36. The van der Waals surface area contributed by atoms with E-state index in [1.165, 1.54) is 96.3 Å². The third kappa shape index (κ3) is 20.0. The van der Waals surface area contributed by atoms with Gasteiger partial charge < -0.3 is 0 Å². The Kier molecular flexibility index (Phi) is 14.6. The van der Waals surface area contributed by atoms with Crippen LogP contribution in [0.25, 0.3) is 0 Å². The number of hydrogen-bond acceptors (Lipinski definition) is 0. The van der Waals surface area contributed by atoms with Gasteiger partial charge in [-0.2, -0.15) is 0 Å². The number of hydrogen-bond donors (Lipinski definition) is 0. The first-order valence-corrected chi connectivity index (χ1v) is 10.4. The Labute approximate surface area is 142 Å². The maximum Gasteiger partial charge on any atom is -0.0383 e. The second kappa shape index (κ2) is 14.6. The monoisotopic (exact) mass is 310 g/mol. The Balaban J connectivity index is 3.03. The molecule has 0 radical (unpaired) electrons. The van der Waals surface area contributed by atoms with Crippen LogP contribution < -0.4 is 0 Å². The molecule has 0 aromatic carbocycles. The summed E-state index contributed by atoms with van der Waals surface area (Å²) in [5.74, 6) is 0.897. The third-order valence-electron chi connectivity index (χ3n) is 4.71. The molecule has 0 fully saturated rings. The Bertz CT molecular complexity index is 209. The fraction of sp³-hybridized carbons (Fsp3) is 1.00. The Hall–Kier alpha value is 0. The standard InChI is InChI=1S/C22H46/c1-21(2)19-17-15-13-11-9-7-6-8-10-12-14-16-18-20-22(3,4)5/h21H,6-20H2,1-5H3. The lowest BCUT2D eigenvalue weighted by atomic mass is 9.89. The lowest BCUT2D eigenvalue weighted by Gasteiger charge is -2.17. The fourth-order valence-electron chi connectivity index (χ4n) is 3.15. The molecule has 0 bridgehead atoms. The largest absolute Gasteiger partial charge is 0.0628 e. The minimum Gasteiger partial charge on any atom is -0.0628 e. The summed E-state index contributed by atoms with van der Waals surface area (Å²) in [5.41, 5.74) is 0.536. The molecule has 0 aromatic rings. The summed E-state index contributed by atoms with van der Waals surface area (Å²) in [6.45, 7) is 11.8. The summed E-state index contributed by atoms with van der Waals surface area (Å²) in [5, 5.41) is 0. The highest BCUT2D eigenvalue weighted by molar-refractivity contribution is 4.61. The van der Waals surface area contributed by atoms with E-state index in [2.05, 4.69) is 34.6 Å². The van der Waals surface area contributed by atoms with Crippen molar-refractivity contribution in [3.63, 3.8) is 0 Å². The smallest absolute Gasteiger partial charge is 0.0383 e. The van der Waals surface area contributed by atoms with Gasteiger partial charge in [0.1, 0.15) is 0 Å². The lowest BCUT2D eigenvalue weighted by Crippen LogP contribution is -2.03. The highest BCUT2D eigenvalue weighted by atomic mass is 14.1. The van der Waals surface area contributed by atoms with Crippen molar-refractivity contribution in [1.82, 2.24) is 0 Å². The van der Waals surface area contributed by atoms with Gasteiger partial charge >= 0.3 is 0 Å². The zero-order chi connectivity index (χ0) is 16.7. The van der Waals surface area contributed by atoms with Gasteiger partial charge in [0.25, 0.3) is 0 Å². The van der Waals surface area contributed by atoms with E-state index < -0.39 is 0 Å². The molecule has 0 rings (SSSR count). The first kappa shape index (κ1) is 22.0. The predicted molar refractivity (Wildman–Crippen MR) is 104 cm³/mol.